The fourth-order valence-corrected chi connectivity index (χ4v) is 3.25. The number of non-ortho nitro benzene ring substituents is 1. The van der Waals surface area contributed by atoms with Gasteiger partial charge < -0.3 is 9.42 Å². The zero-order valence-corrected chi connectivity index (χ0v) is 12.7. The summed E-state index contributed by atoms with van der Waals surface area (Å²) in [4.78, 5) is 20.2. The molecule has 0 heterocycles. The Labute approximate surface area is 131 Å². The Morgan fingerprint density at radius 1 is 0.957 bits per heavy atom. The number of benzene rings is 3. The van der Waals surface area contributed by atoms with E-state index in [0.29, 0.717) is 0 Å². The van der Waals surface area contributed by atoms with E-state index in [1.807, 2.05) is 24.3 Å². The van der Waals surface area contributed by atoms with Crippen LogP contribution in [0.15, 0.2) is 66.7 Å². The minimum Gasteiger partial charge on any atom is -0.421 e. The Morgan fingerprint density at radius 2 is 1.61 bits per heavy atom. The van der Waals surface area contributed by atoms with Crippen molar-refractivity contribution in [2.45, 2.75) is 0 Å². The van der Waals surface area contributed by atoms with Gasteiger partial charge in [0.15, 0.2) is 0 Å². The molecule has 0 radical (unpaired) electrons. The van der Waals surface area contributed by atoms with Crippen LogP contribution in [-0.2, 0) is 4.57 Å². The lowest BCUT2D eigenvalue weighted by Crippen LogP contribution is -2.09. The quantitative estimate of drug-likeness (QED) is 0.448. The Bertz CT molecular complexity index is 923. The first-order valence-electron chi connectivity index (χ1n) is 6.72. The van der Waals surface area contributed by atoms with E-state index in [-0.39, 0.29) is 16.7 Å². The van der Waals surface area contributed by atoms with Crippen molar-refractivity contribution in [3.8, 4) is 5.75 Å². The van der Waals surface area contributed by atoms with Gasteiger partial charge >= 0.3 is 7.60 Å². The average molecular weight is 329 g/mol. The SMILES string of the molecule is O=[N+]([O-])c1ccc(OP(=O)(O)c2ccc3ccccc3c2)cc1. The fourth-order valence-electron chi connectivity index (χ4n) is 2.18. The smallest absolute Gasteiger partial charge is 0.408 e. The van der Waals surface area contributed by atoms with Crippen LogP contribution in [0.25, 0.3) is 10.8 Å². The predicted molar refractivity (Wildman–Crippen MR) is 87.1 cm³/mol. The molecular formula is C16H12NO5P. The maximum Gasteiger partial charge on any atom is 0.408 e. The summed E-state index contributed by atoms with van der Waals surface area (Å²) in [6, 6.07) is 17.4. The number of nitro groups is 1. The van der Waals surface area contributed by atoms with E-state index in [1.54, 1.807) is 12.1 Å². The summed E-state index contributed by atoms with van der Waals surface area (Å²) in [5.41, 5.74) is -0.115. The third-order valence-electron chi connectivity index (χ3n) is 3.34. The van der Waals surface area contributed by atoms with Gasteiger partial charge in [-0.15, -0.1) is 0 Å². The normalized spacial score (nSPS) is 13.4. The number of rotatable bonds is 4. The van der Waals surface area contributed by atoms with Crippen LogP contribution < -0.4 is 9.83 Å². The van der Waals surface area contributed by atoms with E-state index in [0.717, 1.165) is 10.8 Å². The molecule has 1 unspecified atom stereocenters. The highest BCUT2D eigenvalue weighted by molar-refractivity contribution is 7.61. The molecular weight excluding hydrogens is 317 g/mol. The van der Waals surface area contributed by atoms with Crippen LogP contribution in [-0.4, -0.2) is 9.82 Å². The third kappa shape index (κ3) is 3.23. The van der Waals surface area contributed by atoms with Crippen LogP contribution in [0.3, 0.4) is 0 Å². The van der Waals surface area contributed by atoms with Crippen molar-refractivity contribution < 1.29 is 18.9 Å². The van der Waals surface area contributed by atoms with E-state index in [1.165, 1.54) is 30.3 Å². The van der Waals surface area contributed by atoms with Crippen molar-refractivity contribution in [3.63, 3.8) is 0 Å². The summed E-state index contributed by atoms with van der Waals surface area (Å²) in [5.74, 6) is 0.0922. The second-order valence-electron chi connectivity index (χ2n) is 4.89. The molecule has 1 N–H and O–H groups in total. The molecule has 0 fully saturated rings. The van der Waals surface area contributed by atoms with Crippen molar-refractivity contribution in [2.24, 2.45) is 0 Å². The number of nitrogens with zero attached hydrogens (tertiary/aromatic N) is 1. The summed E-state index contributed by atoms with van der Waals surface area (Å²) in [7, 11) is -4.08. The van der Waals surface area contributed by atoms with Crippen LogP contribution in [0.4, 0.5) is 5.69 Å². The Balaban J connectivity index is 1.90. The largest absolute Gasteiger partial charge is 0.421 e. The second kappa shape index (κ2) is 5.83. The van der Waals surface area contributed by atoms with Gasteiger partial charge in [-0.05, 0) is 35.0 Å². The van der Waals surface area contributed by atoms with Crippen molar-refractivity contribution in [2.75, 3.05) is 0 Å². The first-order chi connectivity index (χ1) is 11.0. The first-order valence-corrected chi connectivity index (χ1v) is 8.30. The Kier molecular flexibility index (Phi) is 3.86. The predicted octanol–water partition coefficient (Wildman–Crippen LogP) is 3.64. The van der Waals surface area contributed by atoms with Crippen LogP contribution in [0, 0.1) is 10.1 Å². The first kappa shape index (κ1) is 15.2. The van der Waals surface area contributed by atoms with Crippen LogP contribution in [0.5, 0.6) is 5.75 Å². The van der Waals surface area contributed by atoms with E-state index in [2.05, 4.69) is 0 Å². The zero-order chi connectivity index (χ0) is 16.4. The molecule has 0 spiro atoms. The lowest BCUT2D eigenvalue weighted by molar-refractivity contribution is -0.384. The van der Waals surface area contributed by atoms with Gasteiger partial charge in [0.05, 0.1) is 10.2 Å². The molecule has 3 aromatic rings. The van der Waals surface area contributed by atoms with Crippen LogP contribution in [0.2, 0.25) is 0 Å². The minimum absolute atomic E-state index is 0.0922. The molecule has 0 amide bonds. The molecule has 0 aliphatic heterocycles. The zero-order valence-electron chi connectivity index (χ0n) is 11.8. The maximum absolute atomic E-state index is 12.4. The molecule has 0 aliphatic carbocycles. The summed E-state index contributed by atoms with van der Waals surface area (Å²) in [6.45, 7) is 0. The summed E-state index contributed by atoms with van der Waals surface area (Å²) in [6.07, 6.45) is 0. The Hall–Kier alpha value is -2.69. The van der Waals surface area contributed by atoms with E-state index >= 15 is 0 Å². The average Bonchev–Trinajstić information content (AvgIpc) is 2.54. The maximum atomic E-state index is 12.4. The number of nitro benzene ring substituents is 1. The molecule has 0 aromatic heterocycles. The lowest BCUT2D eigenvalue weighted by atomic mass is 10.1. The van der Waals surface area contributed by atoms with Gasteiger partial charge in [0.2, 0.25) is 0 Å². The molecule has 0 aliphatic rings. The molecule has 116 valence electrons. The van der Waals surface area contributed by atoms with E-state index < -0.39 is 12.5 Å². The molecule has 3 aromatic carbocycles. The van der Waals surface area contributed by atoms with Gasteiger partial charge in [-0.1, -0.05) is 30.3 Å². The van der Waals surface area contributed by atoms with Crippen molar-refractivity contribution in [1.29, 1.82) is 0 Å². The third-order valence-corrected chi connectivity index (χ3v) is 4.73. The lowest BCUT2D eigenvalue weighted by Gasteiger charge is -2.14. The molecule has 0 saturated heterocycles. The number of fused-ring (bicyclic) bond motifs is 1. The molecule has 1 atom stereocenters. The standard InChI is InChI=1S/C16H12NO5P/c18-17(19)14-6-8-15(9-7-14)22-23(20,21)16-10-5-12-3-1-2-4-13(12)11-16/h1-11H,(H,20,21). The van der Waals surface area contributed by atoms with Crippen molar-refractivity contribution in [1.82, 2.24) is 0 Å². The molecule has 0 saturated carbocycles. The monoisotopic (exact) mass is 329 g/mol. The molecule has 6 nitrogen and oxygen atoms in total. The van der Waals surface area contributed by atoms with Crippen molar-refractivity contribution >= 4 is 29.4 Å². The summed E-state index contributed by atoms with van der Waals surface area (Å²) >= 11 is 0. The van der Waals surface area contributed by atoms with Gasteiger partial charge in [-0.2, -0.15) is 0 Å². The molecule has 7 heteroatoms. The van der Waals surface area contributed by atoms with Crippen molar-refractivity contribution in [3.05, 3.63) is 76.8 Å². The number of hydrogen-bond acceptors (Lipinski definition) is 4. The van der Waals surface area contributed by atoms with Crippen LogP contribution in [0.1, 0.15) is 0 Å². The van der Waals surface area contributed by atoms with Gasteiger partial charge in [0.25, 0.3) is 5.69 Å². The highest BCUT2D eigenvalue weighted by Crippen LogP contribution is 2.42. The van der Waals surface area contributed by atoms with E-state index in [4.69, 9.17) is 4.52 Å². The molecule has 0 bridgehead atoms. The fraction of sp³-hybridized carbons (Fsp3) is 0. The van der Waals surface area contributed by atoms with E-state index in [9.17, 15) is 19.6 Å². The summed E-state index contributed by atoms with van der Waals surface area (Å²) in [5, 5.41) is 12.5. The summed E-state index contributed by atoms with van der Waals surface area (Å²) < 4.78 is 17.6. The highest BCUT2D eigenvalue weighted by atomic mass is 31.2. The molecule has 23 heavy (non-hydrogen) atoms. The second-order valence-corrected chi connectivity index (χ2v) is 6.63. The van der Waals surface area contributed by atoms with Gasteiger partial charge in [0, 0.05) is 12.1 Å². The topological polar surface area (TPSA) is 89.7 Å². The van der Waals surface area contributed by atoms with Gasteiger partial charge in [-0.25, -0.2) is 4.57 Å². The minimum atomic E-state index is -4.08. The van der Waals surface area contributed by atoms with Gasteiger partial charge in [-0.3, -0.25) is 10.1 Å². The van der Waals surface area contributed by atoms with Crippen LogP contribution >= 0.6 is 7.60 Å². The number of hydrogen-bond donors (Lipinski definition) is 1. The Morgan fingerprint density at radius 3 is 2.26 bits per heavy atom. The highest BCUT2D eigenvalue weighted by Gasteiger charge is 2.25. The van der Waals surface area contributed by atoms with Gasteiger partial charge in [0.1, 0.15) is 5.75 Å². The molecule has 3 rings (SSSR count).